The molecule has 2 heteroatoms. The lowest BCUT2D eigenvalue weighted by atomic mass is 10.1. The van der Waals surface area contributed by atoms with E-state index in [9.17, 15) is 0 Å². The molecule has 0 spiro atoms. The van der Waals surface area contributed by atoms with E-state index in [0.29, 0.717) is 6.61 Å². The molecule has 11 heavy (non-hydrogen) atoms. The zero-order valence-corrected chi connectivity index (χ0v) is 6.04. The van der Waals surface area contributed by atoms with Crippen LogP contribution in [0, 0.1) is 0 Å². The summed E-state index contributed by atoms with van der Waals surface area (Å²) in [5, 5.41) is 0. The van der Waals surface area contributed by atoms with Gasteiger partial charge in [0.1, 0.15) is 6.61 Å². The summed E-state index contributed by atoms with van der Waals surface area (Å²) in [5.74, 6) is 0.815. The van der Waals surface area contributed by atoms with Gasteiger partial charge in [-0.25, -0.2) is 0 Å². The minimum Gasteiger partial charge on any atom is -0.337 e. The van der Waals surface area contributed by atoms with Crippen LogP contribution in [-0.4, -0.2) is 0 Å². The Bertz CT molecular complexity index is 292. The zero-order chi connectivity index (χ0) is 7.68. The summed E-state index contributed by atoms with van der Waals surface area (Å²) in [6.45, 7) is 4.21. The molecule has 56 valence electrons. The Morgan fingerprint density at radius 3 is 3.18 bits per heavy atom. The number of hydrogen-bond donors (Lipinski definition) is 0. The average Bonchev–Trinajstić information content (AvgIpc) is 2.50. The van der Waals surface area contributed by atoms with E-state index in [-0.39, 0.29) is 0 Å². The van der Waals surface area contributed by atoms with Crippen molar-refractivity contribution in [1.82, 2.24) is 0 Å². The quantitative estimate of drug-likeness (QED) is 0.568. The second kappa shape index (κ2) is 2.40. The van der Waals surface area contributed by atoms with E-state index in [1.54, 1.807) is 6.08 Å². The van der Waals surface area contributed by atoms with Gasteiger partial charge in [0.25, 0.3) is 0 Å². The van der Waals surface area contributed by atoms with Crippen molar-refractivity contribution in [3.63, 3.8) is 0 Å². The highest BCUT2D eigenvalue weighted by molar-refractivity contribution is 5.51. The summed E-state index contributed by atoms with van der Waals surface area (Å²) in [6, 6.07) is 5.84. The predicted molar refractivity (Wildman–Crippen MR) is 42.0 cm³/mol. The smallest absolute Gasteiger partial charge is 0.171 e. The highest BCUT2D eigenvalue weighted by Crippen LogP contribution is 2.26. The molecule has 0 unspecified atom stereocenters. The molecule has 0 fully saturated rings. The van der Waals surface area contributed by atoms with Crippen molar-refractivity contribution in [2.45, 2.75) is 6.61 Å². The monoisotopic (exact) mass is 148 g/mol. The Morgan fingerprint density at radius 1 is 1.45 bits per heavy atom. The Balaban J connectivity index is 2.48. The van der Waals surface area contributed by atoms with Crippen LogP contribution in [0.5, 0.6) is 5.75 Å². The van der Waals surface area contributed by atoms with Gasteiger partial charge in [-0.2, -0.15) is 4.89 Å². The minimum atomic E-state index is 0.539. The Labute approximate surface area is 65.0 Å². The standard InChI is InChI=1S/C9H8O2/c1-2-7-3-4-9-8(5-7)6-10-11-9/h2-5H,1,6H2. The van der Waals surface area contributed by atoms with E-state index in [0.717, 1.165) is 16.9 Å². The Morgan fingerprint density at radius 2 is 2.36 bits per heavy atom. The summed E-state index contributed by atoms with van der Waals surface area (Å²) < 4.78 is 0. The third kappa shape index (κ3) is 1.01. The van der Waals surface area contributed by atoms with Crippen LogP contribution in [-0.2, 0) is 11.5 Å². The molecule has 0 bridgehead atoms. The van der Waals surface area contributed by atoms with Crippen LogP contribution in [0.1, 0.15) is 11.1 Å². The molecule has 1 aromatic carbocycles. The molecule has 1 aliphatic rings. The minimum absolute atomic E-state index is 0.539. The van der Waals surface area contributed by atoms with Gasteiger partial charge in [0, 0.05) is 5.56 Å². The van der Waals surface area contributed by atoms with Crippen molar-refractivity contribution < 1.29 is 9.78 Å². The van der Waals surface area contributed by atoms with E-state index >= 15 is 0 Å². The SMILES string of the molecule is C=Cc1ccc2c(c1)COO2. The maximum absolute atomic E-state index is 4.86. The fourth-order valence-corrected chi connectivity index (χ4v) is 1.08. The largest absolute Gasteiger partial charge is 0.337 e. The van der Waals surface area contributed by atoms with Crippen LogP contribution in [0.3, 0.4) is 0 Å². The van der Waals surface area contributed by atoms with Crippen molar-refractivity contribution in [2.75, 3.05) is 0 Å². The van der Waals surface area contributed by atoms with Gasteiger partial charge in [-0.1, -0.05) is 18.7 Å². The van der Waals surface area contributed by atoms with Crippen molar-refractivity contribution in [2.24, 2.45) is 0 Å². The van der Waals surface area contributed by atoms with E-state index in [4.69, 9.17) is 9.78 Å². The van der Waals surface area contributed by atoms with E-state index < -0.39 is 0 Å². The normalized spacial score (nSPS) is 13.8. The van der Waals surface area contributed by atoms with Crippen LogP contribution in [0.15, 0.2) is 24.8 Å². The first-order valence-corrected chi connectivity index (χ1v) is 3.45. The molecule has 0 N–H and O–H groups in total. The van der Waals surface area contributed by atoms with Crippen LogP contribution in [0.25, 0.3) is 6.08 Å². The van der Waals surface area contributed by atoms with Gasteiger partial charge in [0.15, 0.2) is 5.75 Å². The topological polar surface area (TPSA) is 18.5 Å². The molecule has 1 aromatic rings. The summed E-state index contributed by atoms with van der Waals surface area (Å²) in [5.41, 5.74) is 2.18. The fraction of sp³-hybridized carbons (Fsp3) is 0.111. The van der Waals surface area contributed by atoms with Gasteiger partial charge in [0.2, 0.25) is 0 Å². The summed E-state index contributed by atoms with van der Waals surface area (Å²) in [7, 11) is 0. The molecule has 0 radical (unpaired) electrons. The van der Waals surface area contributed by atoms with Gasteiger partial charge in [0.05, 0.1) is 0 Å². The second-order valence-electron chi connectivity index (χ2n) is 2.42. The first-order valence-electron chi connectivity index (χ1n) is 3.45. The van der Waals surface area contributed by atoms with E-state index in [1.807, 2.05) is 18.2 Å². The number of rotatable bonds is 1. The maximum atomic E-state index is 4.86. The zero-order valence-electron chi connectivity index (χ0n) is 6.04. The van der Waals surface area contributed by atoms with Gasteiger partial charge < -0.3 is 4.89 Å². The number of hydrogen-bond acceptors (Lipinski definition) is 2. The molecule has 0 aromatic heterocycles. The average molecular weight is 148 g/mol. The van der Waals surface area contributed by atoms with Crippen LogP contribution < -0.4 is 4.89 Å². The van der Waals surface area contributed by atoms with Gasteiger partial charge >= 0.3 is 0 Å². The Kier molecular flexibility index (Phi) is 1.40. The fourth-order valence-electron chi connectivity index (χ4n) is 1.08. The van der Waals surface area contributed by atoms with Gasteiger partial charge in [-0.15, -0.1) is 0 Å². The van der Waals surface area contributed by atoms with Crippen LogP contribution in [0.4, 0.5) is 0 Å². The molecule has 0 saturated carbocycles. The van der Waals surface area contributed by atoms with Crippen molar-refractivity contribution in [3.05, 3.63) is 35.9 Å². The first-order chi connectivity index (χ1) is 5.40. The van der Waals surface area contributed by atoms with Crippen molar-refractivity contribution in [1.29, 1.82) is 0 Å². The summed E-state index contributed by atoms with van der Waals surface area (Å²) in [6.07, 6.45) is 1.80. The summed E-state index contributed by atoms with van der Waals surface area (Å²) in [4.78, 5) is 9.64. The predicted octanol–water partition coefficient (Wildman–Crippen LogP) is 2.15. The number of fused-ring (bicyclic) bond motifs is 1. The first kappa shape index (κ1) is 6.43. The summed E-state index contributed by atoms with van der Waals surface area (Å²) >= 11 is 0. The molecule has 0 aliphatic carbocycles. The van der Waals surface area contributed by atoms with Crippen molar-refractivity contribution >= 4 is 6.08 Å². The van der Waals surface area contributed by atoms with Crippen LogP contribution in [0.2, 0.25) is 0 Å². The maximum Gasteiger partial charge on any atom is 0.171 e. The second-order valence-corrected chi connectivity index (χ2v) is 2.42. The molecule has 0 amide bonds. The molecule has 1 aliphatic heterocycles. The van der Waals surface area contributed by atoms with Gasteiger partial charge in [-0.05, 0) is 17.7 Å². The molecule has 2 nitrogen and oxygen atoms in total. The molecule has 0 saturated heterocycles. The van der Waals surface area contributed by atoms with Crippen LogP contribution >= 0.6 is 0 Å². The molecule has 0 atom stereocenters. The number of benzene rings is 1. The van der Waals surface area contributed by atoms with Crippen molar-refractivity contribution in [3.8, 4) is 5.75 Å². The third-order valence-electron chi connectivity index (χ3n) is 1.68. The molecular formula is C9H8O2. The lowest BCUT2D eigenvalue weighted by Gasteiger charge is -1.95. The third-order valence-corrected chi connectivity index (χ3v) is 1.68. The molecule has 2 rings (SSSR count). The molecule has 1 heterocycles. The lowest BCUT2D eigenvalue weighted by molar-refractivity contribution is -0.194. The molecular weight excluding hydrogens is 140 g/mol. The van der Waals surface area contributed by atoms with E-state index in [2.05, 4.69) is 6.58 Å². The highest BCUT2D eigenvalue weighted by Gasteiger charge is 2.12. The van der Waals surface area contributed by atoms with Gasteiger partial charge in [-0.3, -0.25) is 0 Å². The highest BCUT2D eigenvalue weighted by atomic mass is 17.2. The lowest BCUT2D eigenvalue weighted by Crippen LogP contribution is -1.80. The Hall–Kier alpha value is -1.28. The van der Waals surface area contributed by atoms with E-state index in [1.165, 1.54) is 0 Å².